The first-order valence-electron chi connectivity index (χ1n) is 13.0. The van der Waals surface area contributed by atoms with Crippen molar-refractivity contribution in [3.63, 3.8) is 0 Å². The highest BCUT2D eigenvalue weighted by Crippen LogP contribution is 2.29. The van der Waals surface area contributed by atoms with Gasteiger partial charge in [-0.05, 0) is 87.9 Å². The molecule has 0 aromatic heterocycles. The molecule has 3 nitrogen and oxygen atoms in total. The summed E-state index contributed by atoms with van der Waals surface area (Å²) >= 11 is 0. The minimum atomic E-state index is -4.30. The molecule has 0 unspecified atom stereocenters. The van der Waals surface area contributed by atoms with Crippen LogP contribution in [-0.4, -0.2) is 36.0 Å². The van der Waals surface area contributed by atoms with Crippen LogP contribution in [0.5, 0.6) is 0 Å². The topological polar surface area (TPSA) is 32.3 Å². The molecule has 0 spiro atoms. The zero-order valence-corrected chi connectivity index (χ0v) is 21.5. The molecule has 37 heavy (non-hydrogen) atoms. The van der Waals surface area contributed by atoms with Gasteiger partial charge in [-0.15, -0.1) is 0 Å². The second kappa shape index (κ2) is 12.0. The summed E-state index contributed by atoms with van der Waals surface area (Å²) in [7, 11) is 0. The molecule has 196 valence electrons. The van der Waals surface area contributed by atoms with E-state index in [2.05, 4.69) is 23.5 Å². The normalized spacial score (nSPS) is 18.1. The maximum Gasteiger partial charge on any atom is 0.416 e. The zero-order chi connectivity index (χ0) is 26.4. The van der Waals surface area contributed by atoms with Crippen LogP contribution in [0.15, 0.2) is 72.8 Å². The number of piperidine rings is 1. The maximum absolute atomic E-state index is 13.5. The van der Waals surface area contributed by atoms with Gasteiger partial charge in [0.05, 0.1) is 5.56 Å². The van der Waals surface area contributed by atoms with Crippen LogP contribution in [0.2, 0.25) is 0 Å². The van der Waals surface area contributed by atoms with E-state index in [-0.39, 0.29) is 11.9 Å². The van der Waals surface area contributed by atoms with Gasteiger partial charge in [0.25, 0.3) is 5.91 Å². The van der Waals surface area contributed by atoms with E-state index in [4.69, 9.17) is 0 Å². The lowest BCUT2D eigenvalue weighted by molar-refractivity contribution is -0.137. The van der Waals surface area contributed by atoms with Gasteiger partial charge in [0.2, 0.25) is 0 Å². The Balaban J connectivity index is 1.36. The number of hydrogen-bond donors (Lipinski definition) is 1. The molecule has 1 fully saturated rings. The summed E-state index contributed by atoms with van der Waals surface area (Å²) in [6.45, 7) is 5.52. The Hall–Kier alpha value is -3.12. The number of amides is 1. The number of nitrogens with one attached hydrogen (secondary N) is 1. The van der Waals surface area contributed by atoms with Crippen molar-refractivity contribution in [3.05, 3.63) is 106 Å². The third kappa shape index (κ3) is 7.45. The Morgan fingerprint density at radius 2 is 1.62 bits per heavy atom. The molecule has 3 aromatic carbocycles. The monoisotopic (exact) mass is 508 g/mol. The molecule has 0 radical (unpaired) electrons. The van der Waals surface area contributed by atoms with Gasteiger partial charge in [-0.25, -0.2) is 0 Å². The highest BCUT2D eigenvalue weighted by molar-refractivity contribution is 5.95. The van der Waals surface area contributed by atoms with Crippen LogP contribution in [-0.2, 0) is 19.0 Å². The quantitative estimate of drug-likeness (QED) is 0.341. The molecule has 6 heteroatoms. The van der Waals surface area contributed by atoms with Crippen LogP contribution in [0.4, 0.5) is 13.2 Å². The molecule has 0 bridgehead atoms. The molecule has 1 N–H and O–H groups in total. The van der Waals surface area contributed by atoms with Gasteiger partial charge in [-0.2, -0.15) is 13.2 Å². The van der Waals surface area contributed by atoms with E-state index in [1.807, 2.05) is 49.1 Å². The summed E-state index contributed by atoms with van der Waals surface area (Å²) in [5.41, 5.74) is 4.44. The van der Waals surface area contributed by atoms with E-state index in [1.54, 1.807) is 12.1 Å². The molecular formula is C31H35F3N2O. The fraction of sp³-hybridized carbons (Fsp3) is 0.387. The molecule has 2 atom stereocenters. The third-order valence-electron chi connectivity index (χ3n) is 7.12. The van der Waals surface area contributed by atoms with E-state index in [0.717, 1.165) is 73.0 Å². The first-order valence-corrected chi connectivity index (χ1v) is 13.0. The van der Waals surface area contributed by atoms with Crippen molar-refractivity contribution in [2.75, 3.05) is 13.1 Å². The molecule has 0 aliphatic carbocycles. The van der Waals surface area contributed by atoms with Gasteiger partial charge in [-0.1, -0.05) is 59.7 Å². The number of rotatable bonds is 8. The number of alkyl halides is 3. The first-order chi connectivity index (χ1) is 17.7. The van der Waals surface area contributed by atoms with Crippen molar-refractivity contribution in [1.29, 1.82) is 0 Å². The van der Waals surface area contributed by atoms with Gasteiger partial charge in [0, 0.05) is 24.2 Å². The largest absolute Gasteiger partial charge is 0.416 e. The van der Waals surface area contributed by atoms with Gasteiger partial charge in [-0.3, -0.25) is 4.79 Å². The minimum Gasteiger partial charge on any atom is -0.335 e. The molecule has 1 aliphatic rings. The minimum absolute atomic E-state index is 0.0912. The van der Waals surface area contributed by atoms with Crippen molar-refractivity contribution in [1.82, 2.24) is 10.2 Å². The number of carbonyl (C=O) groups is 1. The number of halogens is 3. The second-order valence-corrected chi connectivity index (χ2v) is 10.2. The lowest BCUT2D eigenvalue weighted by Gasteiger charge is -2.40. The Morgan fingerprint density at radius 1 is 0.946 bits per heavy atom. The number of nitrogens with zero attached hydrogens (tertiary/aromatic N) is 1. The first kappa shape index (κ1) is 26.9. The standard InChI is InChI=1S/C31H35F3N2O/c1-22-17-23(2)19-26(18-22)30(37)36-16-14-28(21-29(36)20-25-7-4-3-5-8-25)35-15-6-9-24-10-12-27(13-11-24)31(32,33)34/h3-5,7-8,10-13,17-19,28-29,35H,6,9,14-16,20-21H2,1-2H3/t28-,29+/m0/s1. The van der Waals surface area contributed by atoms with Crippen LogP contribution in [0.1, 0.15) is 57.4 Å². The van der Waals surface area contributed by atoms with Gasteiger partial charge in [0.15, 0.2) is 0 Å². The zero-order valence-electron chi connectivity index (χ0n) is 21.5. The number of benzene rings is 3. The fourth-order valence-electron chi connectivity index (χ4n) is 5.31. The summed E-state index contributed by atoms with van der Waals surface area (Å²) in [6, 6.07) is 22.1. The van der Waals surface area contributed by atoms with Gasteiger partial charge < -0.3 is 10.2 Å². The number of hydrogen-bond acceptors (Lipinski definition) is 2. The highest BCUT2D eigenvalue weighted by Gasteiger charge is 2.32. The second-order valence-electron chi connectivity index (χ2n) is 10.2. The number of aryl methyl sites for hydroxylation is 3. The van der Waals surface area contributed by atoms with Crippen molar-refractivity contribution >= 4 is 5.91 Å². The number of likely N-dealkylation sites (tertiary alicyclic amines) is 1. The summed E-state index contributed by atoms with van der Waals surface area (Å²) in [6.07, 6.45) is -0.182. The Bertz CT molecular complexity index is 1160. The lowest BCUT2D eigenvalue weighted by Crippen LogP contribution is -2.52. The van der Waals surface area contributed by atoms with E-state index >= 15 is 0 Å². The molecule has 4 rings (SSSR count). The van der Waals surface area contributed by atoms with Crippen molar-refractivity contribution in [3.8, 4) is 0 Å². The molecule has 3 aromatic rings. The van der Waals surface area contributed by atoms with Crippen molar-refractivity contribution < 1.29 is 18.0 Å². The molecule has 1 heterocycles. The molecule has 1 aliphatic heterocycles. The molecule has 1 saturated heterocycles. The summed E-state index contributed by atoms with van der Waals surface area (Å²) in [4.78, 5) is 15.6. The summed E-state index contributed by atoms with van der Waals surface area (Å²) in [5.74, 6) is 0.0912. The Morgan fingerprint density at radius 3 is 2.27 bits per heavy atom. The fourth-order valence-corrected chi connectivity index (χ4v) is 5.31. The van der Waals surface area contributed by atoms with Gasteiger partial charge >= 0.3 is 6.18 Å². The van der Waals surface area contributed by atoms with Crippen molar-refractivity contribution in [2.45, 2.75) is 64.2 Å². The van der Waals surface area contributed by atoms with E-state index < -0.39 is 11.7 Å². The van der Waals surface area contributed by atoms with E-state index in [9.17, 15) is 18.0 Å². The third-order valence-corrected chi connectivity index (χ3v) is 7.12. The van der Waals surface area contributed by atoms with E-state index in [0.29, 0.717) is 12.6 Å². The van der Waals surface area contributed by atoms with Gasteiger partial charge in [0.1, 0.15) is 0 Å². The molecular weight excluding hydrogens is 473 g/mol. The molecule has 1 amide bonds. The van der Waals surface area contributed by atoms with Crippen LogP contribution < -0.4 is 5.32 Å². The van der Waals surface area contributed by atoms with Crippen LogP contribution in [0.25, 0.3) is 0 Å². The van der Waals surface area contributed by atoms with Crippen LogP contribution in [0.3, 0.4) is 0 Å². The maximum atomic E-state index is 13.5. The Kier molecular flexibility index (Phi) is 8.70. The average Bonchev–Trinajstić information content (AvgIpc) is 2.86. The summed E-state index contributed by atoms with van der Waals surface area (Å²) < 4.78 is 38.3. The smallest absolute Gasteiger partial charge is 0.335 e. The van der Waals surface area contributed by atoms with E-state index in [1.165, 1.54) is 5.56 Å². The number of carbonyl (C=O) groups excluding carboxylic acids is 1. The predicted octanol–water partition coefficient (Wildman–Crippen LogP) is 6.76. The lowest BCUT2D eigenvalue weighted by atomic mass is 9.91. The molecule has 0 saturated carbocycles. The highest BCUT2D eigenvalue weighted by atomic mass is 19.4. The summed E-state index contributed by atoms with van der Waals surface area (Å²) in [5, 5.41) is 3.64. The SMILES string of the molecule is Cc1cc(C)cc(C(=O)N2CC[C@H](NCCCc3ccc(C(F)(F)F)cc3)C[C@H]2Cc2ccccc2)c1. The Labute approximate surface area is 217 Å². The van der Waals surface area contributed by atoms with Crippen molar-refractivity contribution in [2.24, 2.45) is 0 Å². The predicted molar refractivity (Wildman–Crippen MR) is 142 cm³/mol. The van der Waals surface area contributed by atoms with Crippen LogP contribution in [0, 0.1) is 13.8 Å². The van der Waals surface area contributed by atoms with Crippen LogP contribution >= 0.6 is 0 Å². The average molecular weight is 509 g/mol.